The molecule has 2 rings (SSSR count). The van der Waals surface area contributed by atoms with Crippen molar-refractivity contribution >= 4 is 11.6 Å². The van der Waals surface area contributed by atoms with Crippen molar-refractivity contribution in [2.75, 3.05) is 6.61 Å². The number of benzene rings is 1. The maximum Gasteiger partial charge on any atom is 0.111 e. The number of aromatic nitrogens is 2. The molecular weight excluding hydrogens is 248 g/mol. The zero-order valence-electron chi connectivity index (χ0n) is 10.7. The number of rotatable bonds is 4. The second kappa shape index (κ2) is 5.55. The first-order valence-corrected chi connectivity index (χ1v) is 6.36. The van der Waals surface area contributed by atoms with Gasteiger partial charge in [0.1, 0.15) is 5.82 Å². The molecule has 0 fully saturated rings. The molecule has 1 aromatic heterocycles. The molecule has 1 N–H and O–H groups in total. The van der Waals surface area contributed by atoms with Gasteiger partial charge in [-0.3, -0.25) is 0 Å². The van der Waals surface area contributed by atoms with Crippen molar-refractivity contribution in [2.24, 2.45) is 7.05 Å². The van der Waals surface area contributed by atoms with Crippen molar-refractivity contribution in [1.82, 2.24) is 9.55 Å². The Morgan fingerprint density at radius 2 is 1.94 bits per heavy atom. The van der Waals surface area contributed by atoms with Crippen LogP contribution in [0.4, 0.5) is 0 Å². The van der Waals surface area contributed by atoms with Gasteiger partial charge in [0.25, 0.3) is 0 Å². The van der Waals surface area contributed by atoms with Gasteiger partial charge in [-0.15, -0.1) is 0 Å². The highest BCUT2D eigenvalue weighted by Gasteiger charge is 2.11. The summed E-state index contributed by atoms with van der Waals surface area (Å²) in [5, 5.41) is 9.74. The van der Waals surface area contributed by atoms with Crippen molar-refractivity contribution in [2.45, 2.75) is 19.8 Å². The summed E-state index contributed by atoms with van der Waals surface area (Å²) in [7, 11) is 1.98. The Bertz CT molecular complexity index is 531. The minimum Gasteiger partial charge on any atom is -0.396 e. The smallest absolute Gasteiger partial charge is 0.111 e. The number of nitrogens with zero attached hydrogens (tertiary/aromatic N) is 2. The van der Waals surface area contributed by atoms with Gasteiger partial charge in [-0.05, 0) is 24.6 Å². The average Bonchev–Trinajstić information content (AvgIpc) is 2.61. The SMILES string of the molecule is Cc1c(Cc2ccc(Cl)cc2)nc(CCO)n1C. The molecule has 4 heteroatoms. The van der Waals surface area contributed by atoms with Crippen LogP contribution in [0.15, 0.2) is 24.3 Å². The normalized spacial score (nSPS) is 10.9. The van der Waals surface area contributed by atoms with E-state index in [4.69, 9.17) is 16.7 Å². The molecule has 0 aliphatic heterocycles. The van der Waals surface area contributed by atoms with Crippen LogP contribution in [0.5, 0.6) is 0 Å². The van der Waals surface area contributed by atoms with Crippen LogP contribution < -0.4 is 0 Å². The molecule has 0 saturated heterocycles. The maximum absolute atomic E-state index is 9.00. The second-order valence-corrected chi connectivity index (χ2v) is 4.83. The van der Waals surface area contributed by atoms with Gasteiger partial charge in [0, 0.05) is 30.6 Å². The molecule has 0 amide bonds. The van der Waals surface area contributed by atoms with E-state index in [0.717, 1.165) is 28.7 Å². The van der Waals surface area contributed by atoms with E-state index in [9.17, 15) is 0 Å². The number of aliphatic hydroxyl groups is 1. The quantitative estimate of drug-likeness (QED) is 0.922. The van der Waals surface area contributed by atoms with Crippen LogP contribution in [0.2, 0.25) is 5.02 Å². The Hall–Kier alpha value is -1.32. The topological polar surface area (TPSA) is 38.1 Å². The molecule has 0 aliphatic rings. The predicted molar refractivity (Wildman–Crippen MR) is 73.0 cm³/mol. The fourth-order valence-corrected chi connectivity index (χ4v) is 2.11. The van der Waals surface area contributed by atoms with E-state index in [2.05, 4.69) is 11.9 Å². The Kier molecular flexibility index (Phi) is 4.04. The predicted octanol–water partition coefficient (Wildman–Crippen LogP) is 2.51. The van der Waals surface area contributed by atoms with Crippen LogP contribution in [0.1, 0.15) is 22.8 Å². The first kappa shape index (κ1) is 13.1. The minimum atomic E-state index is 0.130. The van der Waals surface area contributed by atoms with Gasteiger partial charge in [-0.1, -0.05) is 23.7 Å². The number of aliphatic hydroxyl groups excluding tert-OH is 1. The summed E-state index contributed by atoms with van der Waals surface area (Å²) in [5.41, 5.74) is 3.40. The van der Waals surface area contributed by atoms with Crippen molar-refractivity contribution < 1.29 is 5.11 Å². The summed E-state index contributed by atoms with van der Waals surface area (Å²) in [4.78, 5) is 4.59. The van der Waals surface area contributed by atoms with Gasteiger partial charge < -0.3 is 9.67 Å². The van der Waals surface area contributed by atoms with E-state index < -0.39 is 0 Å². The molecule has 0 saturated carbocycles. The minimum absolute atomic E-state index is 0.130. The van der Waals surface area contributed by atoms with Gasteiger partial charge in [-0.25, -0.2) is 4.98 Å². The van der Waals surface area contributed by atoms with Crippen molar-refractivity contribution in [3.05, 3.63) is 52.1 Å². The molecule has 18 heavy (non-hydrogen) atoms. The highest BCUT2D eigenvalue weighted by atomic mass is 35.5. The van der Waals surface area contributed by atoms with Gasteiger partial charge in [0.05, 0.1) is 12.3 Å². The van der Waals surface area contributed by atoms with Gasteiger partial charge >= 0.3 is 0 Å². The lowest BCUT2D eigenvalue weighted by Crippen LogP contribution is -2.01. The lowest BCUT2D eigenvalue weighted by Gasteiger charge is -2.01. The van der Waals surface area contributed by atoms with Crippen LogP contribution in [0.3, 0.4) is 0 Å². The van der Waals surface area contributed by atoms with Crippen LogP contribution in [0, 0.1) is 6.92 Å². The zero-order valence-corrected chi connectivity index (χ0v) is 11.4. The van der Waals surface area contributed by atoms with Crippen LogP contribution >= 0.6 is 11.6 Å². The molecule has 0 spiro atoms. The summed E-state index contributed by atoms with van der Waals surface area (Å²) in [6.45, 7) is 2.18. The Morgan fingerprint density at radius 3 is 2.56 bits per heavy atom. The fraction of sp³-hybridized carbons (Fsp3) is 0.357. The first-order chi connectivity index (χ1) is 8.61. The summed E-state index contributed by atoms with van der Waals surface area (Å²) in [6.07, 6.45) is 1.39. The molecule has 2 aromatic rings. The van der Waals surface area contributed by atoms with Crippen LogP contribution in [-0.2, 0) is 19.9 Å². The van der Waals surface area contributed by atoms with Crippen molar-refractivity contribution in [3.63, 3.8) is 0 Å². The lowest BCUT2D eigenvalue weighted by atomic mass is 10.1. The highest BCUT2D eigenvalue weighted by Crippen LogP contribution is 2.16. The molecule has 0 radical (unpaired) electrons. The maximum atomic E-state index is 9.00. The third-order valence-corrected chi connectivity index (χ3v) is 3.44. The Balaban J connectivity index is 2.23. The lowest BCUT2D eigenvalue weighted by molar-refractivity contribution is 0.295. The number of halogens is 1. The Morgan fingerprint density at radius 1 is 1.28 bits per heavy atom. The Labute approximate surface area is 112 Å². The molecule has 3 nitrogen and oxygen atoms in total. The standard InChI is InChI=1S/C14H17ClN2O/c1-10-13(16-14(7-8-18)17(10)2)9-11-3-5-12(15)6-4-11/h3-6,18H,7-9H2,1-2H3. The summed E-state index contributed by atoms with van der Waals surface area (Å²) in [6, 6.07) is 7.82. The highest BCUT2D eigenvalue weighted by molar-refractivity contribution is 6.30. The van der Waals surface area contributed by atoms with E-state index in [1.54, 1.807) is 0 Å². The van der Waals surface area contributed by atoms with Crippen molar-refractivity contribution in [1.29, 1.82) is 0 Å². The zero-order chi connectivity index (χ0) is 13.1. The number of hydrogen-bond acceptors (Lipinski definition) is 2. The van der Waals surface area contributed by atoms with Crippen LogP contribution in [-0.4, -0.2) is 21.3 Å². The molecule has 96 valence electrons. The molecule has 1 heterocycles. The second-order valence-electron chi connectivity index (χ2n) is 4.40. The van der Waals surface area contributed by atoms with E-state index in [1.165, 1.54) is 5.56 Å². The van der Waals surface area contributed by atoms with Gasteiger partial charge in [0.15, 0.2) is 0 Å². The molecular formula is C14H17ClN2O. The third kappa shape index (κ3) is 2.74. The van der Waals surface area contributed by atoms with Gasteiger partial charge in [-0.2, -0.15) is 0 Å². The molecule has 0 unspecified atom stereocenters. The van der Waals surface area contributed by atoms with Crippen LogP contribution in [0.25, 0.3) is 0 Å². The summed E-state index contributed by atoms with van der Waals surface area (Å²) < 4.78 is 2.04. The number of hydrogen-bond donors (Lipinski definition) is 1. The summed E-state index contributed by atoms with van der Waals surface area (Å²) in [5.74, 6) is 0.930. The van der Waals surface area contributed by atoms with E-state index >= 15 is 0 Å². The first-order valence-electron chi connectivity index (χ1n) is 5.98. The summed E-state index contributed by atoms with van der Waals surface area (Å²) >= 11 is 5.87. The van der Waals surface area contributed by atoms with Gasteiger partial charge in [0.2, 0.25) is 0 Å². The average molecular weight is 265 g/mol. The van der Waals surface area contributed by atoms with E-state index in [0.29, 0.717) is 6.42 Å². The molecule has 0 bridgehead atoms. The van der Waals surface area contributed by atoms with Crippen molar-refractivity contribution in [3.8, 4) is 0 Å². The van der Waals surface area contributed by atoms with E-state index in [1.807, 2.05) is 35.9 Å². The molecule has 0 atom stereocenters. The largest absolute Gasteiger partial charge is 0.396 e. The number of imidazole rings is 1. The fourth-order valence-electron chi connectivity index (χ4n) is 1.99. The molecule has 1 aromatic carbocycles. The third-order valence-electron chi connectivity index (χ3n) is 3.19. The van der Waals surface area contributed by atoms with E-state index in [-0.39, 0.29) is 6.61 Å². The molecule has 0 aliphatic carbocycles. The monoisotopic (exact) mass is 264 g/mol.